The second kappa shape index (κ2) is 7.37. The molecule has 0 fully saturated rings. The van der Waals surface area contributed by atoms with E-state index in [4.69, 9.17) is 5.41 Å². The van der Waals surface area contributed by atoms with Crippen LogP contribution in [0.5, 0.6) is 0 Å². The summed E-state index contributed by atoms with van der Waals surface area (Å²) in [5.74, 6) is 0.682. The Morgan fingerprint density at radius 2 is 2.09 bits per heavy atom. The Kier molecular flexibility index (Phi) is 5.02. The van der Waals surface area contributed by atoms with Crippen molar-refractivity contribution in [2.45, 2.75) is 23.9 Å². The molecule has 1 unspecified atom stereocenters. The fourth-order valence-electron chi connectivity index (χ4n) is 2.41. The van der Waals surface area contributed by atoms with Crippen LogP contribution in [-0.2, 0) is 6.54 Å². The molecule has 0 amide bonds. The average molecular weight is 328 g/mol. The van der Waals surface area contributed by atoms with Gasteiger partial charge in [-0.15, -0.1) is 16.9 Å². The van der Waals surface area contributed by atoms with Crippen LogP contribution in [0, 0.1) is 11.2 Å². The van der Waals surface area contributed by atoms with E-state index in [0.717, 1.165) is 28.2 Å². The lowest BCUT2D eigenvalue weighted by atomic mass is 10.0. The number of guanidine groups is 1. The quantitative estimate of drug-likeness (QED) is 0.494. The fraction of sp³-hybridized carbons (Fsp3) is 0.235. The molecule has 0 saturated heterocycles. The first kappa shape index (κ1) is 15.7. The van der Waals surface area contributed by atoms with Gasteiger partial charge in [0.05, 0.1) is 6.04 Å². The molecule has 4 nitrogen and oxygen atoms in total. The second-order valence-electron chi connectivity index (χ2n) is 5.24. The number of fused-ring (bicyclic) bond motifs is 1. The van der Waals surface area contributed by atoms with E-state index in [2.05, 4.69) is 15.5 Å². The Morgan fingerprint density at radius 1 is 1.26 bits per heavy atom. The molecular weight excluding hydrogens is 311 g/mol. The largest absolute Gasteiger partial charge is 0.349 e. The minimum Gasteiger partial charge on any atom is -0.349 e. The first-order chi connectivity index (χ1) is 11.2. The number of hydrogen-bond acceptors (Lipinski definition) is 3. The third kappa shape index (κ3) is 4.16. The van der Waals surface area contributed by atoms with Gasteiger partial charge in [-0.25, -0.2) is 4.39 Å². The SMILES string of the molecule is N=C(N=NC1CCSc2ccc(F)cc21)NCc1ccccc1. The highest BCUT2D eigenvalue weighted by atomic mass is 32.2. The number of halogens is 1. The molecule has 1 aliphatic heterocycles. The van der Waals surface area contributed by atoms with Crippen LogP contribution in [0.25, 0.3) is 0 Å². The summed E-state index contributed by atoms with van der Waals surface area (Å²) in [6, 6.07) is 14.4. The second-order valence-corrected chi connectivity index (χ2v) is 6.38. The highest BCUT2D eigenvalue weighted by Gasteiger charge is 2.21. The van der Waals surface area contributed by atoms with Crippen LogP contribution in [0.15, 0.2) is 63.7 Å². The fourth-order valence-corrected chi connectivity index (χ4v) is 3.50. The zero-order chi connectivity index (χ0) is 16.1. The molecule has 1 aliphatic rings. The molecule has 1 heterocycles. The van der Waals surface area contributed by atoms with E-state index in [-0.39, 0.29) is 17.8 Å². The minimum absolute atomic E-state index is 0.0185. The lowest BCUT2D eigenvalue weighted by Crippen LogP contribution is -2.19. The van der Waals surface area contributed by atoms with Crippen LogP contribution in [0.3, 0.4) is 0 Å². The maximum Gasteiger partial charge on any atom is 0.235 e. The third-order valence-corrected chi connectivity index (χ3v) is 4.70. The lowest BCUT2D eigenvalue weighted by molar-refractivity contribution is 0.603. The van der Waals surface area contributed by atoms with Crippen LogP contribution in [0.2, 0.25) is 0 Å². The molecule has 0 spiro atoms. The summed E-state index contributed by atoms with van der Waals surface area (Å²) < 4.78 is 13.4. The van der Waals surface area contributed by atoms with Gasteiger partial charge >= 0.3 is 0 Å². The molecule has 1 atom stereocenters. The Hall–Kier alpha value is -2.21. The van der Waals surface area contributed by atoms with Crippen molar-refractivity contribution in [3.63, 3.8) is 0 Å². The Labute approximate surface area is 138 Å². The van der Waals surface area contributed by atoms with Gasteiger partial charge in [0.15, 0.2) is 0 Å². The van der Waals surface area contributed by atoms with Crippen molar-refractivity contribution in [1.82, 2.24) is 5.32 Å². The summed E-state index contributed by atoms with van der Waals surface area (Å²) in [5.41, 5.74) is 1.94. The predicted octanol–water partition coefficient (Wildman–Crippen LogP) is 4.54. The molecule has 23 heavy (non-hydrogen) atoms. The Balaban J connectivity index is 1.62. The van der Waals surface area contributed by atoms with E-state index in [1.165, 1.54) is 12.1 Å². The van der Waals surface area contributed by atoms with Crippen LogP contribution in [-0.4, -0.2) is 11.7 Å². The van der Waals surface area contributed by atoms with Crippen molar-refractivity contribution in [3.05, 3.63) is 65.5 Å². The van der Waals surface area contributed by atoms with Crippen molar-refractivity contribution < 1.29 is 4.39 Å². The van der Waals surface area contributed by atoms with Crippen LogP contribution in [0.4, 0.5) is 4.39 Å². The molecule has 3 rings (SSSR count). The topological polar surface area (TPSA) is 60.6 Å². The number of hydrogen-bond donors (Lipinski definition) is 2. The van der Waals surface area contributed by atoms with Gasteiger partial charge in [-0.3, -0.25) is 5.41 Å². The van der Waals surface area contributed by atoms with E-state index in [1.54, 1.807) is 17.8 Å². The van der Waals surface area contributed by atoms with E-state index >= 15 is 0 Å². The van der Waals surface area contributed by atoms with E-state index in [9.17, 15) is 4.39 Å². The minimum atomic E-state index is -0.260. The number of benzene rings is 2. The highest BCUT2D eigenvalue weighted by Crippen LogP contribution is 2.38. The normalized spacial score (nSPS) is 17.0. The summed E-state index contributed by atoms with van der Waals surface area (Å²) in [5, 5.41) is 18.9. The molecule has 0 saturated carbocycles. The first-order valence-electron chi connectivity index (χ1n) is 7.42. The molecule has 0 aromatic heterocycles. The maximum atomic E-state index is 13.4. The van der Waals surface area contributed by atoms with Crippen LogP contribution < -0.4 is 5.32 Å². The highest BCUT2D eigenvalue weighted by molar-refractivity contribution is 7.99. The van der Waals surface area contributed by atoms with Gasteiger partial charge in [-0.05, 0) is 35.7 Å². The number of thioether (sulfide) groups is 1. The summed E-state index contributed by atoms with van der Waals surface area (Å²) in [6.45, 7) is 0.532. The molecule has 2 aromatic carbocycles. The lowest BCUT2D eigenvalue weighted by Gasteiger charge is -2.20. The first-order valence-corrected chi connectivity index (χ1v) is 8.40. The van der Waals surface area contributed by atoms with Crippen LogP contribution >= 0.6 is 11.8 Å². The van der Waals surface area contributed by atoms with Gasteiger partial charge in [0, 0.05) is 17.2 Å². The number of azo groups is 1. The summed E-state index contributed by atoms with van der Waals surface area (Å²) in [6.07, 6.45) is 0.802. The third-order valence-electron chi connectivity index (χ3n) is 3.58. The standard InChI is InChI=1S/C17H17FN4S/c18-13-6-7-16-14(10-13)15(8-9-23-16)21-22-17(19)20-11-12-4-2-1-3-5-12/h1-7,10,15H,8-9,11H2,(H2,19,20). The molecule has 6 heteroatoms. The van der Waals surface area contributed by atoms with Gasteiger partial charge in [-0.2, -0.15) is 5.11 Å². The number of rotatable bonds is 3. The van der Waals surface area contributed by atoms with Crippen LogP contribution in [0.1, 0.15) is 23.6 Å². The summed E-state index contributed by atoms with van der Waals surface area (Å²) in [7, 11) is 0. The smallest absolute Gasteiger partial charge is 0.235 e. The molecule has 2 aromatic rings. The van der Waals surface area contributed by atoms with Crippen molar-refractivity contribution in [2.75, 3.05) is 5.75 Å². The van der Waals surface area contributed by atoms with Crippen molar-refractivity contribution in [2.24, 2.45) is 10.2 Å². The Morgan fingerprint density at radius 3 is 2.91 bits per heavy atom. The molecular formula is C17H17FN4S. The number of nitrogens with zero attached hydrogens (tertiary/aromatic N) is 2. The van der Waals surface area contributed by atoms with Gasteiger partial charge in [0.1, 0.15) is 5.82 Å². The van der Waals surface area contributed by atoms with Gasteiger partial charge in [0.25, 0.3) is 0 Å². The Bertz CT molecular complexity index is 718. The van der Waals surface area contributed by atoms with Gasteiger partial charge in [-0.1, -0.05) is 30.3 Å². The van der Waals surface area contributed by atoms with Crippen molar-refractivity contribution in [3.8, 4) is 0 Å². The van der Waals surface area contributed by atoms with Crippen molar-refractivity contribution in [1.29, 1.82) is 5.41 Å². The maximum absolute atomic E-state index is 13.4. The monoisotopic (exact) mass is 328 g/mol. The zero-order valence-electron chi connectivity index (χ0n) is 12.5. The summed E-state index contributed by atoms with van der Waals surface area (Å²) >= 11 is 1.71. The molecule has 0 bridgehead atoms. The predicted molar refractivity (Wildman–Crippen MR) is 90.3 cm³/mol. The average Bonchev–Trinajstić information content (AvgIpc) is 2.59. The van der Waals surface area contributed by atoms with E-state index < -0.39 is 0 Å². The molecule has 118 valence electrons. The van der Waals surface area contributed by atoms with Gasteiger partial charge in [0.2, 0.25) is 5.96 Å². The van der Waals surface area contributed by atoms with E-state index in [1.807, 2.05) is 30.3 Å². The molecule has 2 N–H and O–H groups in total. The zero-order valence-corrected chi connectivity index (χ0v) is 13.3. The van der Waals surface area contributed by atoms with E-state index in [0.29, 0.717) is 6.54 Å². The summed E-state index contributed by atoms with van der Waals surface area (Å²) in [4.78, 5) is 1.05. The molecule has 0 aliphatic carbocycles. The van der Waals surface area contributed by atoms with Crippen molar-refractivity contribution >= 4 is 17.7 Å². The number of nitrogens with one attached hydrogen (secondary N) is 2. The van der Waals surface area contributed by atoms with Gasteiger partial charge < -0.3 is 5.32 Å². The molecule has 0 radical (unpaired) electrons.